The number of primary amides is 1. The SMILES string of the molecule is Cc1ncc(C(N)=O)c(O)c1/C=C/C(C)(C)C. The molecule has 1 aromatic rings. The second kappa shape index (κ2) is 4.57. The summed E-state index contributed by atoms with van der Waals surface area (Å²) in [6, 6.07) is 0. The van der Waals surface area contributed by atoms with Gasteiger partial charge in [-0.3, -0.25) is 9.78 Å². The van der Waals surface area contributed by atoms with Gasteiger partial charge in [-0.05, 0) is 12.3 Å². The lowest BCUT2D eigenvalue weighted by molar-refractivity contribution is 0.0997. The van der Waals surface area contributed by atoms with Crippen molar-refractivity contribution < 1.29 is 9.90 Å². The van der Waals surface area contributed by atoms with Crippen molar-refractivity contribution in [2.24, 2.45) is 11.1 Å². The zero-order valence-electron chi connectivity index (χ0n) is 10.6. The fourth-order valence-corrected chi connectivity index (χ4v) is 1.32. The van der Waals surface area contributed by atoms with Gasteiger partial charge in [0, 0.05) is 17.5 Å². The highest BCUT2D eigenvalue weighted by Crippen LogP contribution is 2.27. The van der Waals surface area contributed by atoms with Gasteiger partial charge in [-0.1, -0.05) is 32.9 Å². The van der Waals surface area contributed by atoms with E-state index in [0.717, 1.165) is 0 Å². The minimum atomic E-state index is -0.680. The Morgan fingerprint density at radius 3 is 2.53 bits per heavy atom. The van der Waals surface area contributed by atoms with E-state index in [1.807, 2.05) is 26.8 Å². The number of hydrogen-bond donors (Lipinski definition) is 2. The molecule has 0 aliphatic carbocycles. The van der Waals surface area contributed by atoms with Crippen LogP contribution in [-0.4, -0.2) is 16.0 Å². The van der Waals surface area contributed by atoms with E-state index < -0.39 is 5.91 Å². The zero-order valence-corrected chi connectivity index (χ0v) is 10.6. The molecule has 0 bridgehead atoms. The molecule has 0 fully saturated rings. The van der Waals surface area contributed by atoms with Crippen LogP contribution < -0.4 is 5.73 Å². The predicted octanol–water partition coefficient (Wildman–Crippen LogP) is 2.25. The zero-order chi connectivity index (χ0) is 13.2. The molecule has 17 heavy (non-hydrogen) atoms. The molecular weight excluding hydrogens is 216 g/mol. The Labute approximate surface area is 101 Å². The van der Waals surface area contributed by atoms with E-state index in [1.165, 1.54) is 6.20 Å². The van der Waals surface area contributed by atoms with E-state index in [-0.39, 0.29) is 16.7 Å². The number of aromatic nitrogens is 1. The fraction of sp³-hybridized carbons (Fsp3) is 0.385. The minimum Gasteiger partial charge on any atom is -0.506 e. The highest BCUT2D eigenvalue weighted by atomic mass is 16.3. The van der Waals surface area contributed by atoms with Crippen LogP contribution in [0.1, 0.15) is 42.4 Å². The summed E-state index contributed by atoms with van der Waals surface area (Å²) >= 11 is 0. The highest BCUT2D eigenvalue weighted by molar-refractivity contribution is 5.96. The summed E-state index contributed by atoms with van der Waals surface area (Å²) in [7, 11) is 0. The van der Waals surface area contributed by atoms with Gasteiger partial charge in [0.1, 0.15) is 5.75 Å². The predicted molar refractivity (Wildman–Crippen MR) is 67.6 cm³/mol. The molecule has 1 rings (SSSR count). The molecule has 0 aliphatic rings. The summed E-state index contributed by atoms with van der Waals surface area (Å²) in [5.41, 5.74) is 6.38. The largest absolute Gasteiger partial charge is 0.506 e. The first-order chi connectivity index (χ1) is 7.72. The van der Waals surface area contributed by atoms with Crippen molar-refractivity contribution >= 4 is 12.0 Å². The lowest BCUT2D eigenvalue weighted by Crippen LogP contribution is -2.12. The lowest BCUT2D eigenvalue weighted by Gasteiger charge is -2.12. The van der Waals surface area contributed by atoms with Crippen LogP contribution in [0.5, 0.6) is 5.75 Å². The van der Waals surface area contributed by atoms with Gasteiger partial charge in [0.15, 0.2) is 0 Å². The normalized spacial score (nSPS) is 12.0. The summed E-state index contributed by atoms with van der Waals surface area (Å²) in [6.45, 7) is 7.90. The van der Waals surface area contributed by atoms with E-state index >= 15 is 0 Å². The van der Waals surface area contributed by atoms with Crippen molar-refractivity contribution in [3.63, 3.8) is 0 Å². The second-order valence-corrected chi connectivity index (χ2v) is 5.08. The maximum Gasteiger partial charge on any atom is 0.254 e. The Balaban J connectivity index is 3.28. The number of amides is 1. The van der Waals surface area contributed by atoms with Gasteiger partial charge in [0.2, 0.25) is 0 Å². The molecule has 4 heteroatoms. The molecule has 92 valence electrons. The molecule has 4 nitrogen and oxygen atoms in total. The highest BCUT2D eigenvalue weighted by Gasteiger charge is 2.14. The molecule has 0 saturated heterocycles. The third-order valence-electron chi connectivity index (χ3n) is 2.30. The molecule has 0 radical (unpaired) electrons. The van der Waals surface area contributed by atoms with E-state index in [2.05, 4.69) is 4.98 Å². The number of nitrogens with two attached hydrogens (primary N) is 1. The summed E-state index contributed by atoms with van der Waals surface area (Å²) < 4.78 is 0. The van der Waals surface area contributed by atoms with Crippen LogP contribution in [0.15, 0.2) is 12.3 Å². The summed E-state index contributed by atoms with van der Waals surface area (Å²) in [5, 5.41) is 9.94. The van der Waals surface area contributed by atoms with Gasteiger partial charge in [0.05, 0.1) is 5.56 Å². The first-order valence-electron chi connectivity index (χ1n) is 5.40. The van der Waals surface area contributed by atoms with Gasteiger partial charge < -0.3 is 10.8 Å². The quantitative estimate of drug-likeness (QED) is 0.824. The van der Waals surface area contributed by atoms with Crippen molar-refractivity contribution in [2.75, 3.05) is 0 Å². The summed E-state index contributed by atoms with van der Waals surface area (Å²) in [6.07, 6.45) is 5.01. The molecule has 0 aromatic carbocycles. The Morgan fingerprint density at radius 2 is 2.06 bits per heavy atom. The monoisotopic (exact) mass is 234 g/mol. The van der Waals surface area contributed by atoms with Crippen molar-refractivity contribution in [3.8, 4) is 5.75 Å². The van der Waals surface area contributed by atoms with Gasteiger partial charge >= 0.3 is 0 Å². The molecule has 3 N–H and O–H groups in total. The van der Waals surface area contributed by atoms with Gasteiger partial charge in [-0.25, -0.2) is 0 Å². The lowest BCUT2D eigenvalue weighted by atomic mass is 9.94. The standard InChI is InChI=1S/C13H18N2O2/c1-8-9(5-6-13(2,3)4)11(16)10(7-15-8)12(14)17/h5-7H,1-4H3,(H2,14,17)(H,15,16)/b6-5+. The number of hydrogen-bond acceptors (Lipinski definition) is 3. The van der Waals surface area contributed by atoms with Crippen LogP contribution in [0, 0.1) is 12.3 Å². The molecule has 0 spiro atoms. The first kappa shape index (κ1) is 13.2. The average molecular weight is 234 g/mol. The third kappa shape index (κ3) is 3.31. The number of nitrogens with zero attached hydrogens (tertiary/aromatic N) is 1. The number of carbonyl (C=O) groups is 1. The van der Waals surface area contributed by atoms with Crippen molar-refractivity contribution in [2.45, 2.75) is 27.7 Å². The summed E-state index contributed by atoms with van der Waals surface area (Å²) in [5.74, 6) is -0.786. The molecule has 1 aromatic heterocycles. The van der Waals surface area contributed by atoms with Crippen molar-refractivity contribution in [3.05, 3.63) is 29.1 Å². The second-order valence-electron chi connectivity index (χ2n) is 5.08. The van der Waals surface area contributed by atoms with E-state index in [9.17, 15) is 9.90 Å². The van der Waals surface area contributed by atoms with Crippen LogP contribution in [0.25, 0.3) is 6.08 Å². The number of carbonyl (C=O) groups excluding carboxylic acids is 1. The van der Waals surface area contributed by atoms with Gasteiger partial charge in [-0.2, -0.15) is 0 Å². The van der Waals surface area contributed by atoms with Crippen LogP contribution >= 0.6 is 0 Å². The minimum absolute atomic E-state index is 0.0123. The maximum atomic E-state index is 11.1. The topological polar surface area (TPSA) is 76.2 Å². The smallest absolute Gasteiger partial charge is 0.254 e. The van der Waals surface area contributed by atoms with Crippen LogP contribution in [0.4, 0.5) is 0 Å². The Kier molecular flexibility index (Phi) is 3.56. The number of aromatic hydroxyl groups is 1. The van der Waals surface area contributed by atoms with Crippen molar-refractivity contribution in [1.29, 1.82) is 0 Å². The summed E-state index contributed by atoms with van der Waals surface area (Å²) in [4.78, 5) is 15.1. The molecule has 0 saturated carbocycles. The molecular formula is C13H18N2O2. The fourth-order valence-electron chi connectivity index (χ4n) is 1.32. The maximum absolute atomic E-state index is 11.1. The van der Waals surface area contributed by atoms with E-state index in [0.29, 0.717) is 11.3 Å². The van der Waals surface area contributed by atoms with Crippen LogP contribution in [0.2, 0.25) is 0 Å². The number of allylic oxidation sites excluding steroid dienone is 1. The van der Waals surface area contributed by atoms with E-state index in [4.69, 9.17) is 5.73 Å². The molecule has 0 aliphatic heterocycles. The average Bonchev–Trinajstić information content (AvgIpc) is 2.14. The molecule has 1 amide bonds. The van der Waals surface area contributed by atoms with E-state index in [1.54, 1.807) is 13.0 Å². The third-order valence-corrected chi connectivity index (χ3v) is 2.30. The number of pyridine rings is 1. The molecule has 1 heterocycles. The van der Waals surface area contributed by atoms with Gasteiger partial charge in [0.25, 0.3) is 5.91 Å². The number of aryl methyl sites for hydroxylation is 1. The molecule has 0 atom stereocenters. The Bertz CT molecular complexity index is 471. The van der Waals surface area contributed by atoms with Crippen LogP contribution in [0.3, 0.4) is 0 Å². The first-order valence-corrected chi connectivity index (χ1v) is 5.40. The van der Waals surface area contributed by atoms with Crippen LogP contribution in [-0.2, 0) is 0 Å². The Morgan fingerprint density at radius 1 is 1.47 bits per heavy atom. The molecule has 0 unspecified atom stereocenters. The Hall–Kier alpha value is -1.84. The van der Waals surface area contributed by atoms with Crippen molar-refractivity contribution in [1.82, 2.24) is 4.98 Å². The van der Waals surface area contributed by atoms with Gasteiger partial charge in [-0.15, -0.1) is 0 Å². The number of rotatable bonds is 2.